The molecule has 1 aromatic carbocycles. The van der Waals surface area contributed by atoms with Crippen LogP contribution in [0.1, 0.15) is 28.5 Å². The molecule has 0 aliphatic carbocycles. The van der Waals surface area contributed by atoms with Crippen LogP contribution >= 0.6 is 0 Å². The van der Waals surface area contributed by atoms with Crippen molar-refractivity contribution in [3.05, 3.63) is 47.0 Å². The van der Waals surface area contributed by atoms with Crippen molar-refractivity contribution in [1.82, 2.24) is 15.1 Å². The first-order valence-corrected chi connectivity index (χ1v) is 6.29. The molecule has 0 bridgehead atoms. The molecule has 5 nitrogen and oxygen atoms in total. The minimum absolute atomic E-state index is 0.0494. The summed E-state index contributed by atoms with van der Waals surface area (Å²) in [6.45, 7) is 2.30. The standard InChI is InChI=1S/C14H16FN3O2/c1-3-12-9(8-18(2)17-12)7-16-14(20)11-5-4-10(15)6-13(11)19/h4-6,8,19H,3,7H2,1-2H3,(H,16,20). The maximum Gasteiger partial charge on any atom is 0.255 e. The number of aryl methyl sites for hydroxylation is 2. The zero-order chi connectivity index (χ0) is 14.7. The largest absolute Gasteiger partial charge is 0.507 e. The molecule has 2 rings (SSSR count). The van der Waals surface area contributed by atoms with E-state index in [4.69, 9.17) is 0 Å². The summed E-state index contributed by atoms with van der Waals surface area (Å²) in [7, 11) is 1.82. The molecule has 0 atom stereocenters. The van der Waals surface area contributed by atoms with Gasteiger partial charge >= 0.3 is 0 Å². The zero-order valence-corrected chi connectivity index (χ0v) is 11.4. The van der Waals surface area contributed by atoms with Crippen LogP contribution in [0.5, 0.6) is 5.75 Å². The van der Waals surface area contributed by atoms with Gasteiger partial charge in [-0.2, -0.15) is 5.10 Å². The Bertz CT molecular complexity index is 637. The van der Waals surface area contributed by atoms with Crippen molar-refractivity contribution >= 4 is 5.91 Å². The molecule has 6 heteroatoms. The van der Waals surface area contributed by atoms with E-state index in [9.17, 15) is 14.3 Å². The molecule has 2 N–H and O–H groups in total. The molecule has 1 amide bonds. The van der Waals surface area contributed by atoms with Crippen LogP contribution in [-0.4, -0.2) is 20.8 Å². The van der Waals surface area contributed by atoms with E-state index < -0.39 is 11.7 Å². The third kappa shape index (κ3) is 2.96. The van der Waals surface area contributed by atoms with Crippen LogP contribution in [0.4, 0.5) is 4.39 Å². The van der Waals surface area contributed by atoms with Gasteiger partial charge in [0.1, 0.15) is 11.6 Å². The van der Waals surface area contributed by atoms with Gasteiger partial charge in [-0.15, -0.1) is 0 Å². The topological polar surface area (TPSA) is 67.2 Å². The summed E-state index contributed by atoms with van der Waals surface area (Å²) in [4.78, 5) is 11.9. The fourth-order valence-electron chi connectivity index (χ4n) is 2.00. The summed E-state index contributed by atoms with van der Waals surface area (Å²) >= 11 is 0. The highest BCUT2D eigenvalue weighted by Crippen LogP contribution is 2.18. The van der Waals surface area contributed by atoms with Gasteiger partial charge in [0.2, 0.25) is 0 Å². The minimum Gasteiger partial charge on any atom is -0.507 e. The Kier molecular flexibility index (Phi) is 4.02. The van der Waals surface area contributed by atoms with Crippen molar-refractivity contribution in [2.45, 2.75) is 19.9 Å². The van der Waals surface area contributed by atoms with Gasteiger partial charge < -0.3 is 10.4 Å². The third-order valence-corrected chi connectivity index (χ3v) is 2.97. The van der Waals surface area contributed by atoms with Crippen molar-refractivity contribution in [2.75, 3.05) is 0 Å². The second kappa shape index (κ2) is 5.73. The van der Waals surface area contributed by atoms with Gasteiger partial charge in [0.05, 0.1) is 11.3 Å². The smallest absolute Gasteiger partial charge is 0.255 e. The van der Waals surface area contributed by atoms with Crippen LogP contribution in [0.25, 0.3) is 0 Å². The molecule has 0 aliphatic rings. The molecular formula is C14H16FN3O2. The summed E-state index contributed by atoms with van der Waals surface area (Å²) in [5.41, 5.74) is 1.88. The van der Waals surface area contributed by atoms with E-state index in [0.29, 0.717) is 6.54 Å². The lowest BCUT2D eigenvalue weighted by Gasteiger charge is -2.06. The number of hydrogen-bond donors (Lipinski definition) is 2. The SMILES string of the molecule is CCc1nn(C)cc1CNC(=O)c1ccc(F)cc1O. The molecule has 1 heterocycles. The van der Waals surface area contributed by atoms with Crippen molar-refractivity contribution < 1.29 is 14.3 Å². The highest BCUT2D eigenvalue weighted by Gasteiger charge is 2.13. The predicted octanol–water partition coefficient (Wildman–Crippen LogP) is 1.76. The Labute approximate surface area is 116 Å². The Morgan fingerprint density at radius 3 is 2.90 bits per heavy atom. The number of halogens is 1. The average Bonchev–Trinajstić information content (AvgIpc) is 2.76. The molecule has 0 radical (unpaired) electrons. The van der Waals surface area contributed by atoms with E-state index in [-0.39, 0.29) is 11.3 Å². The first kappa shape index (κ1) is 14.0. The lowest BCUT2D eigenvalue weighted by molar-refractivity contribution is 0.0948. The Hall–Kier alpha value is -2.37. The molecule has 0 saturated carbocycles. The fourth-order valence-corrected chi connectivity index (χ4v) is 2.00. The van der Waals surface area contributed by atoms with Crippen molar-refractivity contribution in [3.8, 4) is 5.75 Å². The summed E-state index contributed by atoms with van der Waals surface area (Å²) < 4.78 is 14.6. The summed E-state index contributed by atoms with van der Waals surface area (Å²) in [6.07, 6.45) is 2.61. The lowest BCUT2D eigenvalue weighted by atomic mass is 10.1. The molecule has 0 spiro atoms. The number of aromatic hydroxyl groups is 1. The monoisotopic (exact) mass is 277 g/mol. The number of hydrogen-bond acceptors (Lipinski definition) is 3. The van der Waals surface area contributed by atoms with E-state index in [1.807, 2.05) is 20.2 Å². The van der Waals surface area contributed by atoms with E-state index in [1.165, 1.54) is 6.07 Å². The molecule has 2 aromatic rings. The summed E-state index contributed by atoms with van der Waals surface area (Å²) in [6, 6.07) is 3.30. The van der Waals surface area contributed by atoms with Gasteiger partial charge in [0.25, 0.3) is 5.91 Å². The molecule has 0 saturated heterocycles. The normalized spacial score (nSPS) is 10.6. The van der Waals surface area contributed by atoms with Crippen LogP contribution in [-0.2, 0) is 20.0 Å². The number of rotatable bonds is 4. The first-order valence-electron chi connectivity index (χ1n) is 6.29. The molecular weight excluding hydrogens is 261 g/mol. The fraction of sp³-hybridized carbons (Fsp3) is 0.286. The van der Waals surface area contributed by atoms with Crippen LogP contribution < -0.4 is 5.32 Å². The molecule has 0 aliphatic heterocycles. The summed E-state index contributed by atoms with van der Waals surface area (Å²) in [5, 5.41) is 16.5. The van der Waals surface area contributed by atoms with E-state index in [0.717, 1.165) is 29.8 Å². The number of carbonyl (C=O) groups excluding carboxylic acids is 1. The molecule has 106 valence electrons. The van der Waals surface area contributed by atoms with Gasteiger partial charge in [-0.3, -0.25) is 9.48 Å². The Morgan fingerprint density at radius 2 is 2.25 bits per heavy atom. The number of carbonyl (C=O) groups is 1. The lowest BCUT2D eigenvalue weighted by Crippen LogP contribution is -2.23. The second-order valence-electron chi connectivity index (χ2n) is 4.47. The molecule has 0 fully saturated rings. The van der Waals surface area contributed by atoms with Crippen LogP contribution in [0, 0.1) is 5.82 Å². The zero-order valence-electron chi connectivity index (χ0n) is 11.4. The number of benzene rings is 1. The number of aromatic nitrogens is 2. The maximum absolute atomic E-state index is 12.9. The van der Waals surface area contributed by atoms with Gasteiger partial charge in [-0.1, -0.05) is 6.92 Å². The predicted molar refractivity (Wildman–Crippen MR) is 71.8 cm³/mol. The number of amides is 1. The second-order valence-corrected chi connectivity index (χ2v) is 4.47. The third-order valence-electron chi connectivity index (χ3n) is 2.97. The van der Waals surface area contributed by atoms with Crippen LogP contribution in [0.2, 0.25) is 0 Å². The molecule has 0 unspecified atom stereocenters. The van der Waals surface area contributed by atoms with Gasteiger partial charge in [0.15, 0.2) is 0 Å². The Morgan fingerprint density at radius 1 is 1.50 bits per heavy atom. The average molecular weight is 277 g/mol. The van der Waals surface area contributed by atoms with Crippen molar-refractivity contribution in [3.63, 3.8) is 0 Å². The maximum atomic E-state index is 12.9. The minimum atomic E-state index is -0.584. The Balaban J connectivity index is 2.08. The van der Waals surface area contributed by atoms with E-state index in [1.54, 1.807) is 4.68 Å². The van der Waals surface area contributed by atoms with Crippen LogP contribution in [0.15, 0.2) is 24.4 Å². The number of nitrogens with zero attached hydrogens (tertiary/aromatic N) is 2. The highest BCUT2D eigenvalue weighted by molar-refractivity contribution is 5.96. The van der Waals surface area contributed by atoms with Crippen molar-refractivity contribution in [1.29, 1.82) is 0 Å². The molecule has 20 heavy (non-hydrogen) atoms. The first-order chi connectivity index (χ1) is 9.51. The number of nitrogens with one attached hydrogen (secondary N) is 1. The van der Waals surface area contributed by atoms with Gasteiger partial charge in [-0.25, -0.2) is 4.39 Å². The van der Waals surface area contributed by atoms with Crippen LogP contribution in [0.3, 0.4) is 0 Å². The summed E-state index contributed by atoms with van der Waals surface area (Å²) in [5.74, 6) is -1.41. The quantitative estimate of drug-likeness (QED) is 0.894. The van der Waals surface area contributed by atoms with E-state index >= 15 is 0 Å². The molecule has 1 aromatic heterocycles. The van der Waals surface area contributed by atoms with Gasteiger partial charge in [0, 0.05) is 31.4 Å². The van der Waals surface area contributed by atoms with Gasteiger partial charge in [-0.05, 0) is 18.6 Å². The van der Waals surface area contributed by atoms with E-state index in [2.05, 4.69) is 10.4 Å². The van der Waals surface area contributed by atoms with Crippen molar-refractivity contribution in [2.24, 2.45) is 7.05 Å². The number of phenolic OH excluding ortho intramolecular Hbond substituents is 1. The highest BCUT2D eigenvalue weighted by atomic mass is 19.1. The number of phenols is 1.